The zero-order valence-corrected chi connectivity index (χ0v) is 14.4. The summed E-state index contributed by atoms with van der Waals surface area (Å²) in [4.78, 5) is 13.2. The van der Waals surface area contributed by atoms with Crippen molar-refractivity contribution in [3.63, 3.8) is 0 Å². The van der Waals surface area contributed by atoms with Gasteiger partial charge in [-0.15, -0.1) is 0 Å². The second-order valence-electron chi connectivity index (χ2n) is 5.57. The molecule has 1 N–H and O–H groups in total. The fraction of sp³-hybridized carbons (Fsp3) is 0.0455. The van der Waals surface area contributed by atoms with Crippen LogP contribution in [0.4, 0.5) is 0 Å². The summed E-state index contributed by atoms with van der Waals surface area (Å²) in [6.45, 7) is 0. The largest absolute Gasteiger partial charge is 0.377 e. The van der Waals surface area contributed by atoms with Gasteiger partial charge >= 0.3 is 0 Å². The van der Waals surface area contributed by atoms with Crippen molar-refractivity contribution in [3.05, 3.63) is 114 Å². The first kappa shape index (κ1) is 17.2. The molecule has 0 spiro atoms. The van der Waals surface area contributed by atoms with E-state index in [-0.39, 0.29) is 5.12 Å². The lowest BCUT2D eigenvalue weighted by Gasteiger charge is -2.25. The molecule has 3 rings (SSSR count). The van der Waals surface area contributed by atoms with Crippen molar-refractivity contribution in [1.29, 1.82) is 0 Å². The number of hydrogen-bond acceptors (Lipinski definition) is 3. The van der Waals surface area contributed by atoms with E-state index in [1.165, 1.54) is 6.08 Å². The molecule has 3 aromatic rings. The van der Waals surface area contributed by atoms with Crippen LogP contribution in [-0.4, -0.2) is 10.2 Å². The molecule has 124 valence electrons. The van der Waals surface area contributed by atoms with Gasteiger partial charge in [-0.05, 0) is 47.2 Å². The summed E-state index contributed by atoms with van der Waals surface area (Å²) < 4.78 is 0. The summed E-state index contributed by atoms with van der Waals surface area (Å²) in [6.07, 6.45) is 3.01. The zero-order valence-electron chi connectivity index (χ0n) is 13.6. The molecule has 0 aliphatic heterocycles. The van der Waals surface area contributed by atoms with Gasteiger partial charge in [0.05, 0.1) is 0 Å². The third kappa shape index (κ3) is 4.27. The number of aliphatic hydroxyl groups is 1. The van der Waals surface area contributed by atoms with Gasteiger partial charge in [0.15, 0.2) is 0 Å². The van der Waals surface area contributed by atoms with Crippen molar-refractivity contribution in [2.24, 2.45) is 0 Å². The van der Waals surface area contributed by atoms with Crippen LogP contribution in [-0.2, 0) is 10.4 Å². The van der Waals surface area contributed by atoms with Crippen LogP contribution in [0.1, 0.15) is 11.1 Å². The van der Waals surface area contributed by atoms with Gasteiger partial charge in [-0.1, -0.05) is 78.9 Å². The van der Waals surface area contributed by atoms with E-state index in [9.17, 15) is 9.90 Å². The third-order valence-corrected chi connectivity index (χ3v) is 4.70. The van der Waals surface area contributed by atoms with Gasteiger partial charge in [0.2, 0.25) is 5.12 Å². The molecule has 0 bridgehead atoms. The highest BCUT2D eigenvalue weighted by molar-refractivity contribution is 8.14. The molecule has 0 aromatic heterocycles. The third-order valence-electron chi connectivity index (χ3n) is 3.85. The molecule has 0 saturated heterocycles. The number of hydrogen-bond donors (Lipinski definition) is 1. The van der Waals surface area contributed by atoms with Gasteiger partial charge in [0, 0.05) is 4.90 Å². The average molecular weight is 346 g/mol. The molecule has 25 heavy (non-hydrogen) atoms. The molecule has 0 fully saturated rings. The molecule has 0 aliphatic carbocycles. The predicted octanol–water partition coefficient (Wildman–Crippen LogP) is 4.80. The Kier molecular flexibility index (Phi) is 5.49. The summed E-state index contributed by atoms with van der Waals surface area (Å²) in [5, 5.41) is 11.2. The lowest BCUT2D eigenvalue weighted by molar-refractivity contribution is -0.107. The minimum atomic E-state index is -1.35. The molecule has 2 nitrogen and oxygen atoms in total. The second kappa shape index (κ2) is 7.97. The Labute approximate surface area is 151 Å². The van der Waals surface area contributed by atoms with E-state index in [0.29, 0.717) is 0 Å². The van der Waals surface area contributed by atoms with Crippen molar-refractivity contribution < 1.29 is 9.90 Å². The minimum absolute atomic E-state index is 0.128. The maximum Gasteiger partial charge on any atom is 0.216 e. The predicted molar refractivity (Wildman–Crippen MR) is 102 cm³/mol. The van der Waals surface area contributed by atoms with Crippen LogP contribution >= 0.6 is 11.8 Å². The molecule has 0 heterocycles. The van der Waals surface area contributed by atoms with Gasteiger partial charge < -0.3 is 5.11 Å². The molecule has 0 amide bonds. The van der Waals surface area contributed by atoms with Crippen LogP contribution < -0.4 is 0 Å². The van der Waals surface area contributed by atoms with Crippen molar-refractivity contribution in [1.82, 2.24) is 0 Å². The van der Waals surface area contributed by atoms with Gasteiger partial charge in [-0.25, -0.2) is 0 Å². The number of rotatable bonds is 5. The average Bonchev–Trinajstić information content (AvgIpc) is 2.68. The van der Waals surface area contributed by atoms with Crippen LogP contribution in [0.15, 0.2) is 108 Å². The quantitative estimate of drug-likeness (QED) is 0.533. The van der Waals surface area contributed by atoms with Crippen LogP contribution in [0.3, 0.4) is 0 Å². The molecular formula is C22H18O2S. The van der Waals surface area contributed by atoms with E-state index in [1.807, 2.05) is 91.0 Å². The Bertz CT molecular complexity index is 803. The highest BCUT2D eigenvalue weighted by atomic mass is 32.2. The van der Waals surface area contributed by atoms with E-state index in [0.717, 1.165) is 27.8 Å². The maximum atomic E-state index is 12.3. The van der Waals surface area contributed by atoms with Crippen molar-refractivity contribution in [3.8, 4) is 0 Å². The van der Waals surface area contributed by atoms with Crippen LogP contribution in [0.2, 0.25) is 0 Å². The fourth-order valence-corrected chi connectivity index (χ4v) is 3.23. The normalized spacial score (nSPS) is 11.6. The molecule has 0 atom stereocenters. The van der Waals surface area contributed by atoms with Gasteiger partial charge in [-0.3, -0.25) is 4.79 Å². The van der Waals surface area contributed by atoms with E-state index in [4.69, 9.17) is 0 Å². The van der Waals surface area contributed by atoms with Crippen molar-refractivity contribution >= 4 is 16.9 Å². The summed E-state index contributed by atoms with van der Waals surface area (Å²) in [6, 6.07) is 28.2. The Morgan fingerprint density at radius 1 is 0.760 bits per heavy atom. The van der Waals surface area contributed by atoms with E-state index < -0.39 is 5.60 Å². The highest BCUT2D eigenvalue weighted by Gasteiger charge is 2.28. The number of thioether (sulfide) groups is 1. The summed E-state index contributed by atoms with van der Waals surface area (Å²) in [5.74, 6) is 0. The molecule has 0 saturated carbocycles. The van der Waals surface area contributed by atoms with Gasteiger partial charge in [0.25, 0.3) is 0 Å². The van der Waals surface area contributed by atoms with E-state index >= 15 is 0 Å². The van der Waals surface area contributed by atoms with E-state index in [1.54, 1.807) is 6.08 Å². The van der Waals surface area contributed by atoms with Gasteiger partial charge in [0.1, 0.15) is 5.60 Å². The zero-order chi connectivity index (χ0) is 17.5. The number of carbonyl (C=O) groups is 1. The monoisotopic (exact) mass is 346 g/mol. The highest BCUT2D eigenvalue weighted by Crippen LogP contribution is 2.31. The summed E-state index contributed by atoms with van der Waals surface area (Å²) >= 11 is 1.14. The van der Waals surface area contributed by atoms with Crippen molar-refractivity contribution in [2.45, 2.75) is 10.5 Å². The SMILES string of the molecule is O=C(/C=C/C(O)(c1ccccc1)c1ccccc1)Sc1ccccc1. The Balaban J connectivity index is 1.89. The standard InChI is InChI=1S/C22H18O2S/c23-21(25-20-14-8-3-9-15-20)16-17-22(24,18-10-4-1-5-11-18)19-12-6-2-7-13-19/h1-17,24H/b17-16+. The molecule has 0 radical (unpaired) electrons. The molecule has 0 aliphatic rings. The van der Waals surface area contributed by atoms with Gasteiger partial charge in [-0.2, -0.15) is 0 Å². The minimum Gasteiger partial charge on any atom is -0.377 e. The van der Waals surface area contributed by atoms with Crippen LogP contribution in [0.5, 0.6) is 0 Å². The lowest BCUT2D eigenvalue weighted by Crippen LogP contribution is -2.24. The maximum absolute atomic E-state index is 12.3. The smallest absolute Gasteiger partial charge is 0.216 e. The summed E-state index contributed by atoms with van der Waals surface area (Å²) in [7, 11) is 0. The molecule has 0 unspecified atom stereocenters. The van der Waals surface area contributed by atoms with Crippen molar-refractivity contribution in [2.75, 3.05) is 0 Å². The first-order valence-electron chi connectivity index (χ1n) is 7.98. The Morgan fingerprint density at radius 3 is 1.68 bits per heavy atom. The topological polar surface area (TPSA) is 37.3 Å². The van der Waals surface area contributed by atoms with E-state index in [2.05, 4.69) is 0 Å². The Morgan fingerprint density at radius 2 is 1.20 bits per heavy atom. The second-order valence-corrected chi connectivity index (χ2v) is 6.64. The molecule has 3 heteroatoms. The number of benzene rings is 3. The summed E-state index contributed by atoms with van der Waals surface area (Å²) in [5.41, 5.74) is 0.0834. The van der Waals surface area contributed by atoms with Crippen LogP contribution in [0, 0.1) is 0 Å². The first-order chi connectivity index (χ1) is 12.2. The number of carbonyl (C=O) groups excluding carboxylic acids is 1. The molecular weight excluding hydrogens is 328 g/mol. The fourth-order valence-electron chi connectivity index (χ4n) is 2.57. The Hall–Kier alpha value is -2.62. The first-order valence-corrected chi connectivity index (χ1v) is 8.80. The molecule has 3 aromatic carbocycles. The lowest BCUT2D eigenvalue weighted by atomic mass is 9.86. The van der Waals surface area contributed by atoms with Crippen LogP contribution in [0.25, 0.3) is 0 Å².